The molecule has 4 rings (SSSR count). The van der Waals surface area contributed by atoms with E-state index in [0.717, 1.165) is 38.8 Å². The second-order valence-electron chi connectivity index (χ2n) is 7.75. The lowest BCUT2D eigenvalue weighted by Gasteiger charge is -2.10. The minimum absolute atomic E-state index is 0.000557. The Hall–Kier alpha value is -3.38. The van der Waals surface area contributed by atoms with Gasteiger partial charge in [0.2, 0.25) is 5.91 Å². The van der Waals surface area contributed by atoms with Crippen LogP contribution in [0.1, 0.15) is 28.9 Å². The zero-order valence-corrected chi connectivity index (χ0v) is 17.9. The van der Waals surface area contributed by atoms with Gasteiger partial charge in [0.1, 0.15) is 16.9 Å². The second kappa shape index (κ2) is 8.40. The number of aliphatic hydroxyl groups is 1. The molecule has 160 valence electrons. The maximum atomic E-state index is 12.7. The van der Waals surface area contributed by atoms with Crippen molar-refractivity contribution in [2.45, 2.75) is 33.6 Å². The molecular formula is C25H25NO5. The molecule has 0 fully saturated rings. The lowest BCUT2D eigenvalue weighted by atomic mass is 9.96. The van der Waals surface area contributed by atoms with Gasteiger partial charge in [-0.2, -0.15) is 0 Å². The lowest BCUT2D eigenvalue weighted by molar-refractivity contribution is -0.120. The van der Waals surface area contributed by atoms with E-state index in [1.54, 1.807) is 0 Å². The van der Waals surface area contributed by atoms with Crippen LogP contribution in [0.4, 0.5) is 0 Å². The standard InChI is InChI=1S/C25H25NO5/c1-14-18-12-20-22(17-8-5-4-6-9-17)16(3)30-24(20)15(2)23(18)31-25(29)19(14)13-21(28)26-10-7-11-27/h4-6,8-9,12,27H,7,10-11,13H2,1-3H3,(H,26,28). The van der Waals surface area contributed by atoms with Crippen molar-refractivity contribution >= 4 is 27.8 Å². The Morgan fingerprint density at radius 2 is 1.71 bits per heavy atom. The minimum Gasteiger partial charge on any atom is -0.460 e. The van der Waals surface area contributed by atoms with Gasteiger partial charge < -0.3 is 19.3 Å². The minimum atomic E-state index is -0.517. The monoisotopic (exact) mass is 419 g/mol. The number of benzene rings is 2. The van der Waals surface area contributed by atoms with E-state index in [1.165, 1.54) is 0 Å². The zero-order valence-electron chi connectivity index (χ0n) is 17.9. The fourth-order valence-corrected chi connectivity index (χ4v) is 4.07. The highest BCUT2D eigenvalue weighted by molar-refractivity contribution is 6.06. The predicted octanol–water partition coefficient (Wildman–Crippen LogP) is 4.17. The molecule has 0 aliphatic carbocycles. The van der Waals surface area contributed by atoms with E-state index in [1.807, 2.05) is 57.2 Å². The average Bonchev–Trinajstić information content (AvgIpc) is 3.09. The molecule has 1 amide bonds. The van der Waals surface area contributed by atoms with Gasteiger partial charge in [-0.25, -0.2) is 4.79 Å². The van der Waals surface area contributed by atoms with Crippen LogP contribution < -0.4 is 10.9 Å². The van der Waals surface area contributed by atoms with Crippen LogP contribution in [-0.2, 0) is 11.2 Å². The van der Waals surface area contributed by atoms with Gasteiger partial charge in [-0.3, -0.25) is 4.79 Å². The summed E-state index contributed by atoms with van der Waals surface area (Å²) in [4.78, 5) is 24.9. The summed E-state index contributed by atoms with van der Waals surface area (Å²) in [6, 6.07) is 12.0. The highest BCUT2D eigenvalue weighted by atomic mass is 16.4. The molecule has 0 aliphatic heterocycles. The molecule has 0 radical (unpaired) electrons. The van der Waals surface area contributed by atoms with Crippen molar-refractivity contribution in [3.05, 3.63) is 69.3 Å². The summed E-state index contributed by atoms with van der Waals surface area (Å²) >= 11 is 0. The Balaban J connectivity index is 1.88. The number of aliphatic hydroxyl groups excluding tert-OH is 1. The van der Waals surface area contributed by atoms with Crippen LogP contribution in [-0.4, -0.2) is 24.2 Å². The molecule has 4 aromatic rings. The van der Waals surface area contributed by atoms with Crippen molar-refractivity contribution in [2.24, 2.45) is 0 Å². The smallest absolute Gasteiger partial charge is 0.340 e. The molecule has 2 aromatic carbocycles. The molecule has 6 nitrogen and oxygen atoms in total. The number of fused-ring (bicyclic) bond motifs is 2. The molecule has 2 aromatic heterocycles. The van der Waals surface area contributed by atoms with Crippen LogP contribution in [0, 0.1) is 20.8 Å². The van der Waals surface area contributed by atoms with Crippen LogP contribution in [0.2, 0.25) is 0 Å². The van der Waals surface area contributed by atoms with Crippen LogP contribution in [0.15, 0.2) is 50.0 Å². The summed E-state index contributed by atoms with van der Waals surface area (Å²) < 4.78 is 11.7. The molecule has 0 bridgehead atoms. The largest absolute Gasteiger partial charge is 0.460 e. The van der Waals surface area contributed by atoms with E-state index < -0.39 is 5.63 Å². The maximum Gasteiger partial charge on any atom is 0.340 e. The SMILES string of the molecule is Cc1oc2c(C)c3oc(=O)c(CC(=O)NCCCO)c(C)c3cc2c1-c1ccccc1. The lowest BCUT2D eigenvalue weighted by Crippen LogP contribution is -2.29. The Bertz CT molecular complexity index is 1330. The third kappa shape index (κ3) is 3.75. The topological polar surface area (TPSA) is 92.7 Å². The van der Waals surface area contributed by atoms with Crippen molar-refractivity contribution in [3.8, 4) is 11.1 Å². The zero-order chi connectivity index (χ0) is 22.1. The molecule has 2 heterocycles. The summed E-state index contributed by atoms with van der Waals surface area (Å²) in [7, 11) is 0. The summed E-state index contributed by atoms with van der Waals surface area (Å²) in [5, 5.41) is 13.3. The Labute approximate surface area is 179 Å². The van der Waals surface area contributed by atoms with Gasteiger partial charge in [-0.1, -0.05) is 30.3 Å². The van der Waals surface area contributed by atoms with Crippen LogP contribution >= 0.6 is 0 Å². The van der Waals surface area contributed by atoms with Crippen LogP contribution in [0.25, 0.3) is 33.1 Å². The number of rotatable bonds is 6. The summed E-state index contributed by atoms with van der Waals surface area (Å²) in [5.74, 6) is 0.522. The Morgan fingerprint density at radius 1 is 1.00 bits per heavy atom. The van der Waals surface area contributed by atoms with Crippen LogP contribution in [0.3, 0.4) is 0 Å². The molecule has 31 heavy (non-hydrogen) atoms. The third-order valence-corrected chi connectivity index (χ3v) is 5.69. The molecule has 6 heteroatoms. The van der Waals surface area contributed by atoms with Gasteiger partial charge >= 0.3 is 5.63 Å². The average molecular weight is 419 g/mol. The quantitative estimate of drug-likeness (QED) is 0.361. The van der Waals surface area contributed by atoms with E-state index in [9.17, 15) is 9.59 Å². The fraction of sp³-hybridized carbons (Fsp3) is 0.280. The first-order valence-corrected chi connectivity index (χ1v) is 10.3. The Morgan fingerprint density at radius 3 is 2.42 bits per heavy atom. The number of hydrogen-bond acceptors (Lipinski definition) is 5. The Kier molecular flexibility index (Phi) is 5.65. The van der Waals surface area contributed by atoms with Gasteiger partial charge in [-0.15, -0.1) is 0 Å². The molecule has 2 N–H and O–H groups in total. The molecule has 0 unspecified atom stereocenters. The molecule has 0 saturated carbocycles. The number of nitrogens with one attached hydrogen (secondary N) is 1. The van der Waals surface area contributed by atoms with E-state index in [2.05, 4.69) is 5.32 Å². The molecule has 0 saturated heterocycles. The highest BCUT2D eigenvalue weighted by Gasteiger charge is 2.21. The summed E-state index contributed by atoms with van der Waals surface area (Å²) in [6.45, 7) is 6.02. The van der Waals surface area contributed by atoms with Crippen molar-refractivity contribution in [1.29, 1.82) is 0 Å². The molecule has 0 aliphatic rings. The number of aryl methyl sites for hydroxylation is 3. The first-order valence-electron chi connectivity index (χ1n) is 10.3. The summed E-state index contributed by atoms with van der Waals surface area (Å²) in [5.41, 5.74) is 4.55. The first-order chi connectivity index (χ1) is 14.9. The van der Waals surface area contributed by atoms with Crippen molar-refractivity contribution in [1.82, 2.24) is 5.32 Å². The van der Waals surface area contributed by atoms with Gasteiger partial charge in [-0.05, 0) is 44.4 Å². The third-order valence-electron chi connectivity index (χ3n) is 5.69. The van der Waals surface area contributed by atoms with Gasteiger partial charge in [0.05, 0.1) is 12.0 Å². The number of carbonyl (C=O) groups is 1. The fourth-order valence-electron chi connectivity index (χ4n) is 4.07. The molecule has 0 spiro atoms. The summed E-state index contributed by atoms with van der Waals surface area (Å²) in [6.07, 6.45) is 0.402. The second-order valence-corrected chi connectivity index (χ2v) is 7.75. The van der Waals surface area contributed by atoms with Crippen molar-refractivity contribution in [3.63, 3.8) is 0 Å². The predicted molar refractivity (Wildman–Crippen MR) is 120 cm³/mol. The van der Waals surface area contributed by atoms with E-state index in [4.69, 9.17) is 13.9 Å². The number of carbonyl (C=O) groups excluding carboxylic acids is 1. The van der Waals surface area contributed by atoms with Gasteiger partial charge in [0.25, 0.3) is 0 Å². The van der Waals surface area contributed by atoms with E-state index >= 15 is 0 Å². The molecular weight excluding hydrogens is 394 g/mol. The normalized spacial score (nSPS) is 11.4. The first kappa shape index (κ1) is 20.9. The highest BCUT2D eigenvalue weighted by Crippen LogP contribution is 2.39. The van der Waals surface area contributed by atoms with Crippen molar-refractivity contribution in [2.75, 3.05) is 13.2 Å². The molecule has 0 atom stereocenters. The van der Waals surface area contributed by atoms with E-state index in [0.29, 0.717) is 29.7 Å². The van der Waals surface area contributed by atoms with Crippen LogP contribution in [0.5, 0.6) is 0 Å². The van der Waals surface area contributed by atoms with Gasteiger partial charge in [0.15, 0.2) is 0 Å². The van der Waals surface area contributed by atoms with Gasteiger partial charge in [0, 0.05) is 35.1 Å². The maximum absolute atomic E-state index is 12.7. The van der Waals surface area contributed by atoms with Crippen molar-refractivity contribution < 1.29 is 18.7 Å². The number of furan rings is 1. The number of hydrogen-bond donors (Lipinski definition) is 2. The number of amides is 1. The van der Waals surface area contributed by atoms with E-state index in [-0.39, 0.29) is 18.9 Å².